The molecule has 7 nitrogen and oxygen atoms in total. The van der Waals surface area contributed by atoms with E-state index in [0.717, 1.165) is 18.7 Å². The highest BCUT2D eigenvalue weighted by Gasteiger charge is 2.04. The number of anilines is 1. The standard InChI is InChI=1S/C17H24N6O.HI/c1-14-5-6-15(21-13-14)22-16(24)7-8-19-17(18-2)20-9-12-23-10-3-4-11-23;/h3-6,10-11,13H,7-9,12H2,1-2H3,(H2,18,19,20)(H,21,22,24);1H. The zero-order chi connectivity index (χ0) is 17.2. The van der Waals surface area contributed by atoms with E-state index in [9.17, 15) is 4.79 Å². The van der Waals surface area contributed by atoms with E-state index in [-0.39, 0.29) is 29.9 Å². The second kappa shape index (κ2) is 11.5. The van der Waals surface area contributed by atoms with E-state index in [1.165, 1.54) is 0 Å². The number of nitrogens with one attached hydrogen (secondary N) is 3. The number of hydrogen-bond acceptors (Lipinski definition) is 3. The van der Waals surface area contributed by atoms with Crippen LogP contribution in [0.15, 0.2) is 47.8 Å². The van der Waals surface area contributed by atoms with Crippen LogP contribution in [0, 0.1) is 6.92 Å². The van der Waals surface area contributed by atoms with Crippen LogP contribution in [-0.2, 0) is 11.3 Å². The van der Waals surface area contributed by atoms with Crippen LogP contribution in [0.5, 0.6) is 0 Å². The van der Waals surface area contributed by atoms with Gasteiger partial charge in [-0.15, -0.1) is 24.0 Å². The number of rotatable bonds is 7. The van der Waals surface area contributed by atoms with Crippen molar-refractivity contribution in [1.29, 1.82) is 0 Å². The summed E-state index contributed by atoms with van der Waals surface area (Å²) in [5, 5.41) is 9.10. The van der Waals surface area contributed by atoms with Gasteiger partial charge in [0.25, 0.3) is 0 Å². The molecule has 0 spiro atoms. The first-order valence-electron chi connectivity index (χ1n) is 7.95. The lowest BCUT2D eigenvalue weighted by Gasteiger charge is -2.12. The maximum absolute atomic E-state index is 11.9. The Balaban J connectivity index is 0.00000312. The number of nitrogens with zero attached hydrogens (tertiary/aromatic N) is 3. The van der Waals surface area contributed by atoms with Gasteiger partial charge in [0.15, 0.2) is 5.96 Å². The van der Waals surface area contributed by atoms with Crippen LogP contribution in [-0.4, -0.2) is 41.6 Å². The molecule has 0 fully saturated rings. The van der Waals surface area contributed by atoms with Crippen molar-refractivity contribution in [3.8, 4) is 0 Å². The molecule has 2 rings (SSSR count). The molecular weight excluding hydrogens is 431 g/mol. The van der Waals surface area contributed by atoms with Crippen molar-refractivity contribution < 1.29 is 4.79 Å². The van der Waals surface area contributed by atoms with E-state index < -0.39 is 0 Å². The molecule has 0 radical (unpaired) electrons. The molecule has 1 amide bonds. The molecule has 0 saturated carbocycles. The topological polar surface area (TPSA) is 83.3 Å². The third-order valence-electron chi connectivity index (χ3n) is 3.38. The minimum absolute atomic E-state index is 0. The number of aryl methyl sites for hydroxylation is 1. The summed E-state index contributed by atoms with van der Waals surface area (Å²) in [6, 6.07) is 7.70. The second-order valence-electron chi connectivity index (χ2n) is 5.37. The number of hydrogen-bond donors (Lipinski definition) is 3. The van der Waals surface area contributed by atoms with Crippen molar-refractivity contribution in [3.05, 3.63) is 48.4 Å². The Kier molecular flexibility index (Phi) is 9.60. The minimum Gasteiger partial charge on any atom is -0.356 e. The first kappa shape index (κ1) is 20.9. The zero-order valence-electron chi connectivity index (χ0n) is 14.5. The Morgan fingerprint density at radius 3 is 2.56 bits per heavy atom. The van der Waals surface area contributed by atoms with Crippen LogP contribution in [0.1, 0.15) is 12.0 Å². The van der Waals surface area contributed by atoms with Crippen molar-refractivity contribution in [3.63, 3.8) is 0 Å². The van der Waals surface area contributed by atoms with Crippen molar-refractivity contribution in [2.24, 2.45) is 4.99 Å². The molecule has 0 bridgehead atoms. The van der Waals surface area contributed by atoms with Gasteiger partial charge < -0.3 is 20.5 Å². The van der Waals surface area contributed by atoms with E-state index in [1.54, 1.807) is 19.3 Å². The molecule has 2 heterocycles. The average molecular weight is 456 g/mol. The Morgan fingerprint density at radius 1 is 1.20 bits per heavy atom. The summed E-state index contributed by atoms with van der Waals surface area (Å²) in [6.07, 6.45) is 6.10. The fourth-order valence-electron chi connectivity index (χ4n) is 2.08. The fraction of sp³-hybridized carbons (Fsp3) is 0.353. The first-order valence-corrected chi connectivity index (χ1v) is 7.95. The Hall–Kier alpha value is -2.10. The molecule has 2 aromatic rings. The summed E-state index contributed by atoms with van der Waals surface area (Å²) in [5.41, 5.74) is 1.06. The largest absolute Gasteiger partial charge is 0.356 e. The molecular formula is C17H25IN6O. The van der Waals surface area contributed by atoms with E-state index in [1.807, 2.05) is 37.5 Å². The van der Waals surface area contributed by atoms with Gasteiger partial charge in [-0.3, -0.25) is 9.79 Å². The van der Waals surface area contributed by atoms with Gasteiger partial charge in [-0.25, -0.2) is 4.98 Å². The molecule has 25 heavy (non-hydrogen) atoms. The van der Waals surface area contributed by atoms with Crippen molar-refractivity contribution in [2.45, 2.75) is 19.9 Å². The van der Waals surface area contributed by atoms with Gasteiger partial charge in [-0.1, -0.05) is 6.07 Å². The molecule has 8 heteroatoms. The Bertz CT molecular complexity index is 654. The molecule has 3 N–H and O–H groups in total. The van der Waals surface area contributed by atoms with Crippen LogP contribution < -0.4 is 16.0 Å². The van der Waals surface area contributed by atoms with Gasteiger partial charge in [0.2, 0.25) is 5.91 Å². The number of amides is 1. The van der Waals surface area contributed by atoms with Gasteiger partial charge in [0, 0.05) is 51.7 Å². The predicted molar refractivity (Wildman–Crippen MR) is 111 cm³/mol. The van der Waals surface area contributed by atoms with E-state index in [0.29, 0.717) is 24.7 Å². The van der Waals surface area contributed by atoms with E-state index in [2.05, 4.69) is 30.5 Å². The van der Waals surface area contributed by atoms with E-state index >= 15 is 0 Å². The second-order valence-corrected chi connectivity index (χ2v) is 5.37. The lowest BCUT2D eigenvalue weighted by Crippen LogP contribution is -2.40. The summed E-state index contributed by atoms with van der Waals surface area (Å²) in [4.78, 5) is 20.2. The third-order valence-corrected chi connectivity index (χ3v) is 3.38. The van der Waals surface area contributed by atoms with Crippen LogP contribution in [0.4, 0.5) is 5.82 Å². The summed E-state index contributed by atoms with van der Waals surface area (Å²) in [7, 11) is 1.71. The highest BCUT2D eigenvalue weighted by atomic mass is 127. The van der Waals surface area contributed by atoms with Crippen molar-refractivity contribution in [1.82, 2.24) is 20.2 Å². The molecule has 0 aliphatic rings. The maximum atomic E-state index is 11.9. The van der Waals surface area contributed by atoms with Gasteiger partial charge in [0.1, 0.15) is 5.82 Å². The molecule has 2 aromatic heterocycles. The molecule has 0 aliphatic carbocycles. The number of guanidine groups is 1. The number of pyridine rings is 1. The average Bonchev–Trinajstić information content (AvgIpc) is 3.09. The highest BCUT2D eigenvalue weighted by molar-refractivity contribution is 14.0. The molecule has 0 aliphatic heterocycles. The van der Waals surface area contributed by atoms with E-state index in [4.69, 9.17) is 0 Å². The Labute approximate surface area is 165 Å². The summed E-state index contributed by atoms with van der Waals surface area (Å²) < 4.78 is 2.09. The quantitative estimate of drug-likeness (QED) is 0.338. The van der Waals surface area contributed by atoms with Gasteiger partial charge in [-0.2, -0.15) is 0 Å². The number of carbonyl (C=O) groups excluding carboxylic acids is 1. The number of halogens is 1. The van der Waals surface area contributed by atoms with Gasteiger partial charge in [-0.05, 0) is 30.7 Å². The summed E-state index contributed by atoms with van der Waals surface area (Å²) in [5.74, 6) is 1.17. The monoisotopic (exact) mass is 456 g/mol. The molecule has 0 aromatic carbocycles. The normalized spacial score (nSPS) is 10.7. The maximum Gasteiger partial charge on any atom is 0.227 e. The highest BCUT2D eigenvalue weighted by Crippen LogP contribution is 2.03. The molecule has 136 valence electrons. The van der Waals surface area contributed by atoms with Crippen LogP contribution >= 0.6 is 24.0 Å². The lowest BCUT2D eigenvalue weighted by atomic mass is 10.3. The SMILES string of the molecule is CN=C(NCCC(=O)Nc1ccc(C)cn1)NCCn1cccc1.I. The zero-order valence-corrected chi connectivity index (χ0v) is 16.9. The van der Waals surface area contributed by atoms with Crippen LogP contribution in [0.25, 0.3) is 0 Å². The fourth-order valence-corrected chi connectivity index (χ4v) is 2.08. The summed E-state index contributed by atoms with van der Waals surface area (Å²) >= 11 is 0. The predicted octanol–water partition coefficient (Wildman–Crippen LogP) is 2.00. The number of aliphatic imine (C=N–C) groups is 1. The number of carbonyl (C=O) groups is 1. The summed E-state index contributed by atoms with van der Waals surface area (Å²) in [6.45, 7) is 4.07. The lowest BCUT2D eigenvalue weighted by molar-refractivity contribution is -0.116. The van der Waals surface area contributed by atoms with Gasteiger partial charge in [0.05, 0.1) is 0 Å². The Morgan fingerprint density at radius 2 is 1.92 bits per heavy atom. The van der Waals surface area contributed by atoms with Crippen molar-refractivity contribution >= 4 is 41.7 Å². The third kappa shape index (κ3) is 8.01. The smallest absolute Gasteiger partial charge is 0.227 e. The first-order chi connectivity index (χ1) is 11.7. The minimum atomic E-state index is -0.0818. The number of aromatic nitrogens is 2. The molecule has 0 unspecified atom stereocenters. The molecule has 0 saturated heterocycles. The van der Waals surface area contributed by atoms with Gasteiger partial charge >= 0.3 is 0 Å². The van der Waals surface area contributed by atoms with Crippen LogP contribution in [0.3, 0.4) is 0 Å². The molecule has 0 atom stereocenters. The van der Waals surface area contributed by atoms with Crippen LogP contribution in [0.2, 0.25) is 0 Å². The van der Waals surface area contributed by atoms with Crippen molar-refractivity contribution in [2.75, 3.05) is 25.5 Å².